The van der Waals surface area contributed by atoms with E-state index in [1.165, 1.54) is 18.2 Å². The van der Waals surface area contributed by atoms with Crippen LogP contribution in [-0.4, -0.2) is 59.6 Å². The molecule has 1 amide bonds. The molecule has 23 heavy (non-hydrogen) atoms. The number of benzene rings is 1. The highest BCUT2D eigenvalue weighted by atomic mass is 35.5. The molecule has 2 unspecified atom stereocenters. The number of carbonyl (C=O) groups is 1. The summed E-state index contributed by atoms with van der Waals surface area (Å²) in [6.45, 7) is 6.34. The van der Waals surface area contributed by atoms with Crippen LogP contribution >= 0.6 is 11.6 Å². The van der Waals surface area contributed by atoms with E-state index in [0.717, 1.165) is 13.0 Å². The highest BCUT2D eigenvalue weighted by Crippen LogP contribution is 2.20. The predicted octanol–water partition coefficient (Wildman–Crippen LogP) is 2.64. The Morgan fingerprint density at radius 3 is 2.74 bits per heavy atom. The molecule has 0 saturated carbocycles. The summed E-state index contributed by atoms with van der Waals surface area (Å²) in [6.07, 6.45) is 0.496. The summed E-state index contributed by atoms with van der Waals surface area (Å²) in [5.74, 6) is -0.444. The standard InChI is InChI=1S/C17H24ClFN2O2/c1-11(2)16(10-21-7-6-13(22)9-21)20(3)17(23)12-4-5-15(19)14(18)8-12/h4-5,8,11,13,16,22H,6-7,9-10H2,1-3H3. The number of nitrogens with zero attached hydrogens (tertiary/aromatic N) is 2. The fourth-order valence-corrected chi connectivity index (χ4v) is 3.19. The van der Waals surface area contributed by atoms with Gasteiger partial charge in [0.05, 0.1) is 11.1 Å². The van der Waals surface area contributed by atoms with E-state index in [1.54, 1.807) is 11.9 Å². The van der Waals surface area contributed by atoms with Crippen molar-refractivity contribution < 1.29 is 14.3 Å². The molecule has 1 fully saturated rings. The number of aliphatic hydroxyl groups is 1. The van der Waals surface area contributed by atoms with Gasteiger partial charge in [0, 0.05) is 38.3 Å². The quantitative estimate of drug-likeness (QED) is 0.894. The summed E-state index contributed by atoms with van der Waals surface area (Å²) in [5.41, 5.74) is 0.381. The average molecular weight is 343 g/mol. The Kier molecular flexibility index (Phi) is 6.00. The Bertz CT molecular complexity index is 568. The number of aliphatic hydroxyl groups excluding tert-OH is 1. The van der Waals surface area contributed by atoms with Crippen LogP contribution in [-0.2, 0) is 0 Å². The molecule has 0 spiro atoms. The van der Waals surface area contributed by atoms with Gasteiger partial charge in [-0.3, -0.25) is 9.69 Å². The normalized spacial score (nSPS) is 20.0. The minimum atomic E-state index is -0.530. The minimum Gasteiger partial charge on any atom is -0.392 e. The van der Waals surface area contributed by atoms with Crippen LogP contribution in [0, 0.1) is 11.7 Å². The molecule has 0 bridgehead atoms. The Hall–Kier alpha value is -1.17. The molecular weight excluding hydrogens is 319 g/mol. The van der Waals surface area contributed by atoms with E-state index in [-0.39, 0.29) is 29.0 Å². The lowest BCUT2D eigenvalue weighted by atomic mass is 10.0. The first kappa shape index (κ1) is 18.2. The number of amides is 1. The molecule has 2 atom stereocenters. The molecule has 1 saturated heterocycles. The van der Waals surface area contributed by atoms with Crippen LogP contribution in [0.2, 0.25) is 5.02 Å². The molecule has 1 N–H and O–H groups in total. The second-order valence-corrected chi connectivity index (χ2v) is 6.97. The third-order valence-corrected chi connectivity index (χ3v) is 4.74. The van der Waals surface area contributed by atoms with Gasteiger partial charge in [-0.25, -0.2) is 4.39 Å². The maximum absolute atomic E-state index is 13.3. The summed E-state index contributed by atoms with van der Waals surface area (Å²) < 4.78 is 13.3. The molecule has 2 rings (SSSR count). The van der Waals surface area contributed by atoms with Crippen LogP contribution in [0.15, 0.2) is 18.2 Å². The number of rotatable bonds is 5. The minimum absolute atomic E-state index is 0.0108. The fourth-order valence-electron chi connectivity index (χ4n) is 3.01. The van der Waals surface area contributed by atoms with Crippen LogP contribution < -0.4 is 0 Å². The number of likely N-dealkylation sites (tertiary alicyclic amines) is 1. The predicted molar refractivity (Wildman–Crippen MR) is 89.2 cm³/mol. The SMILES string of the molecule is CC(C)C(CN1CCC(O)C1)N(C)C(=O)c1ccc(F)c(Cl)c1. The molecule has 0 radical (unpaired) electrons. The third kappa shape index (κ3) is 4.43. The number of β-amino-alcohol motifs (C(OH)–C–C–N with tert-alkyl or cyclic N) is 1. The van der Waals surface area contributed by atoms with Crippen LogP contribution in [0.1, 0.15) is 30.6 Å². The van der Waals surface area contributed by atoms with Crippen molar-refractivity contribution in [2.75, 3.05) is 26.7 Å². The molecule has 0 aromatic heterocycles. The van der Waals surface area contributed by atoms with Crippen LogP contribution in [0.4, 0.5) is 4.39 Å². The molecule has 1 heterocycles. The van der Waals surface area contributed by atoms with E-state index in [0.29, 0.717) is 18.7 Å². The summed E-state index contributed by atoms with van der Waals surface area (Å²) in [5, 5.41) is 9.61. The number of hydrogen-bond donors (Lipinski definition) is 1. The Labute approximate surface area is 141 Å². The maximum atomic E-state index is 13.3. The molecule has 1 aromatic carbocycles. The lowest BCUT2D eigenvalue weighted by molar-refractivity contribution is 0.0633. The fraction of sp³-hybridized carbons (Fsp3) is 0.588. The van der Waals surface area contributed by atoms with E-state index in [2.05, 4.69) is 18.7 Å². The lowest BCUT2D eigenvalue weighted by Gasteiger charge is -2.34. The monoisotopic (exact) mass is 342 g/mol. The van der Waals surface area contributed by atoms with E-state index in [9.17, 15) is 14.3 Å². The summed E-state index contributed by atoms with van der Waals surface area (Å²) >= 11 is 5.78. The van der Waals surface area contributed by atoms with Crippen molar-refractivity contribution in [3.05, 3.63) is 34.6 Å². The van der Waals surface area contributed by atoms with Crippen LogP contribution in [0.3, 0.4) is 0 Å². The first-order valence-electron chi connectivity index (χ1n) is 7.92. The molecule has 4 nitrogen and oxygen atoms in total. The van der Waals surface area contributed by atoms with E-state index < -0.39 is 5.82 Å². The first-order chi connectivity index (χ1) is 10.8. The lowest BCUT2D eigenvalue weighted by Crippen LogP contribution is -2.47. The van der Waals surface area contributed by atoms with Gasteiger partial charge in [-0.05, 0) is 30.5 Å². The Morgan fingerprint density at radius 1 is 1.52 bits per heavy atom. The highest BCUT2D eigenvalue weighted by molar-refractivity contribution is 6.31. The zero-order valence-corrected chi connectivity index (χ0v) is 14.6. The topological polar surface area (TPSA) is 43.8 Å². The Balaban J connectivity index is 2.11. The van der Waals surface area contributed by atoms with Crippen molar-refractivity contribution in [3.63, 3.8) is 0 Å². The van der Waals surface area contributed by atoms with Gasteiger partial charge in [0.1, 0.15) is 5.82 Å². The van der Waals surface area contributed by atoms with Crippen molar-refractivity contribution in [2.45, 2.75) is 32.4 Å². The van der Waals surface area contributed by atoms with Crippen molar-refractivity contribution in [3.8, 4) is 0 Å². The number of carbonyl (C=O) groups excluding carboxylic acids is 1. The molecular formula is C17H24ClFN2O2. The maximum Gasteiger partial charge on any atom is 0.253 e. The molecule has 1 aliphatic rings. The van der Waals surface area contributed by atoms with Crippen LogP contribution in [0.25, 0.3) is 0 Å². The molecule has 1 aliphatic heterocycles. The summed E-state index contributed by atoms with van der Waals surface area (Å²) in [6, 6.07) is 4.05. The van der Waals surface area contributed by atoms with Gasteiger partial charge in [-0.15, -0.1) is 0 Å². The smallest absolute Gasteiger partial charge is 0.253 e. The average Bonchev–Trinajstić information content (AvgIpc) is 2.91. The second kappa shape index (κ2) is 7.60. The zero-order valence-electron chi connectivity index (χ0n) is 13.8. The molecule has 1 aromatic rings. The second-order valence-electron chi connectivity index (χ2n) is 6.56. The zero-order chi connectivity index (χ0) is 17.1. The van der Waals surface area contributed by atoms with Crippen molar-refractivity contribution in [2.24, 2.45) is 5.92 Å². The van der Waals surface area contributed by atoms with Crippen molar-refractivity contribution in [1.29, 1.82) is 0 Å². The van der Waals surface area contributed by atoms with Gasteiger partial charge in [0.25, 0.3) is 5.91 Å². The number of halogens is 2. The summed E-state index contributed by atoms with van der Waals surface area (Å²) in [4.78, 5) is 16.5. The number of likely N-dealkylation sites (N-methyl/N-ethyl adjacent to an activating group) is 1. The molecule has 6 heteroatoms. The summed E-state index contributed by atoms with van der Waals surface area (Å²) in [7, 11) is 1.76. The van der Waals surface area contributed by atoms with Gasteiger partial charge in [-0.2, -0.15) is 0 Å². The number of hydrogen-bond acceptors (Lipinski definition) is 3. The van der Waals surface area contributed by atoms with E-state index in [1.807, 2.05) is 0 Å². The van der Waals surface area contributed by atoms with E-state index in [4.69, 9.17) is 11.6 Å². The molecule has 0 aliphatic carbocycles. The van der Waals surface area contributed by atoms with Crippen molar-refractivity contribution in [1.82, 2.24) is 9.80 Å². The first-order valence-corrected chi connectivity index (χ1v) is 8.30. The van der Waals surface area contributed by atoms with Gasteiger partial charge in [0.15, 0.2) is 0 Å². The van der Waals surface area contributed by atoms with E-state index >= 15 is 0 Å². The van der Waals surface area contributed by atoms with Gasteiger partial charge < -0.3 is 10.0 Å². The highest BCUT2D eigenvalue weighted by Gasteiger charge is 2.29. The third-order valence-electron chi connectivity index (χ3n) is 4.45. The molecule has 128 valence electrons. The Morgan fingerprint density at radius 2 is 2.22 bits per heavy atom. The van der Waals surface area contributed by atoms with Gasteiger partial charge >= 0.3 is 0 Å². The van der Waals surface area contributed by atoms with Crippen molar-refractivity contribution >= 4 is 17.5 Å². The van der Waals surface area contributed by atoms with Crippen LogP contribution in [0.5, 0.6) is 0 Å². The largest absolute Gasteiger partial charge is 0.392 e. The van der Waals surface area contributed by atoms with Gasteiger partial charge in [0.2, 0.25) is 0 Å². The van der Waals surface area contributed by atoms with Gasteiger partial charge in [-0.1, -0.05) is 25.4 Å².